The van der Waals surface area contributed by atoms with E-state index in [1.807, 2.05) is 36.4 Å². The lowest BCUT2D eigenvalue weighted by atomic mass is 9.91. The second-order valence-electron chi connectivity index (χ2n) is 11.6. The highest BCUT2D eigenvalue weighted by atomic mass is 32.1. The molecule has 0 saturated heterocycles. The molecule has 0 aliphatic heterocycles. The minimum absolute atomic E-state index is 0.000433. The highest BCUT2D eigenvalue weighted by Crippen LogP contribution is 2.44. The molecule has 6 rings (SSSR count). The first kappa shape index (κ1) is 27.3. The number of benzene rings is 2. The molecule has 2 heterocycles. The molecule has 0 radical (unpaired) electrons. The Morgan fingerprint density at radius 2 is 1.83 bits per heavy atom. The largest absolute Gasteiger partial charge is 0.366 e. The van der Waals surface area contributed by atoms with Crippen molar-refractivity contribution in [1.82, 2.24) is 10.3 Å². The first-order valence-corrected chi connectivity index (χ1v) is 15.2. The summed E-state index contributed by atoms with van der Waals surface area (Å²) >= 11 is 1.40. The summed E-state index contributed by atoms with van der Waals surface area (Å²) in [6.45, 7) is 4.20. The Hall–Kier alpha value is -3.84. The van der Waals surface area contributed by atoms with E-state index in [2.05, 4.69) is 31.3 Å². The van der Waals surface area contributed by atoms with Crippen LogP contribution in [0, 0.1) is 11.7 Å². The van der Waals surface area contributed by atoms with Crippen LogP contribution in [0.4, 0.5) is 4.39 Å². The Morgan fingerprint density at radius 3 is 2.59 bits per heavy atom. The zero-order valence-electron chi connectivity index (χ0n) is 23.4. The van der Waals surface area contributed by atoms with Gasteiger partial charge in [0.25, 0.3) is 11.8 Å². The maximum absolute atomic E-state index is 13.5. The summed E-state index contributed by atoms with van der Waals surface area (Å²) in [6, 6.07) is 18.7. The first-order chi connectivity index (χ1) is 19.8. The molecule has 210 valence electrons. The van der Waals surface area contributed by atoms with E-state index in [-0.39, 0.29) is 29.6 Å². The van der Waals surface area contributed by atoms with Crippen LogP contribution < -0.4 is 11.1 Å². The monoisotopic (exact) mass is 567 g/mol. The summed E-state index contributed by atoms with van der Waals surface area (Å²) in [4.78, 5) is 32.9. The van der Waals surface area contributed by atoms with Gasteiger partial charge in [-0.15, -0.1) is 11.3 Å². The fourth-order valence-corrected chi connectivity index (χ4v) is 7.43. The van der Waals surface area contributed by atoms with E-state index in [0.29, 0.717) is 22.6 Å². The van der Waals surface area contributed by atoms with Crippen LogP contribution in [-0.2, 0) is 25.7 Å². The summed E-state index contributed by atoms with van der Waals surface area (Å²) in [5, 5.41) is 3.22. The van der Waals surface area contributed by atoms with E-state index in [1.165, 1.54) is 34.6 Å². The zero-order valence-corrected chi connectivity index (χ0v) is 24.2. The number of fused-ring (bicyclic) bond motifs is 2. The zero-order chi connectivity index (χ0) is 28.7. The van der Waals surface area contributed by atoms with Crippen molar-refractivity contribution in [2.24, 2.45) is 11.7 Å². The number of primary amides is 1. The number of hydrogen-bond acceptors (Lipinski definition) is 4. The van der Waals surface area contributed by atoms with Crippen LogP contribution in [0.1, 0.15) is 92.3 Å². The Bertz CT molecular complexity index is 1630. The van der Waals surface area contributed by atoms with E-state index < -0.39 is 5.91 Å². The molecular formula is C34H34FN3O2S. The number of aryl methyl sites for hydroxylation is 1. The van der Waals surface area contributed by atoms with Crippen LogP contribution >= 0.6 is 11.3 Å². The quantitative estimate of drug-likeness (QED) is 0.242. The molecule has 0 fully saturated rings. The second-order valence-corrected chi connectivity index (χ2v) is 12.7. The van der Waals surface area contributed by atoms with Crippen molar-refractivity contribution < 1.29 is 14.0 Å². The van der Waals surface area contributed by atoms with Crippen molar-refractivity contribution in [2.75, 3.05) is 0 Å². The number of nitrogens with two attached hydrogens (primary N) is 1. The van der Waals surface area contributed by atoms with Crippen LogP contribution in [0.2, 0.25) is 0 Å². The Kier molecular flexibility index (Phi) is 7.47. The smallest absolute Gasteiger partial charge is 0.261 e. The molecular weight excluding hydrogens is 533 g/mol. The average Bonchev–Trinajstić information content (AvgIpc) is 3.68. The molecule has 0 bridgehead atoms. The SMILES string of the molecule is CC(C)Cc1nc2c(c(-c3ccc(C(=O)N[C@H]4CCc5ccccc54)s3)c1C(N)=O)CC[C@@H]2Cc1ccc(F)cc1. The average molecular weight is 568 g/mol. The van der Waals surface area contributed by atoms with Crippen molar-refractivity contribution in [3.8, 4) is 10.4 Å². The summed E-state index contributed by atoms with van der Waals surface area (Å²) in [5.74, 6) is -0.406. The van der Waals surface area contributed by atoms with Crippen LogP contribution in [0.3, 0.4) is 0 Å². The van der Waals surface area contributed by atoms with Gasteiger partial charge in [-0.3, -0.25) is 14.6 Å². The van der Waals surface area contributed by atoms with Gasteiger partial charge >= 0.3 is 0 Å². The third-order valence-corrected chi connectivity index (χ3v) is 9.39. The van der Waals surface area contributed by atoms with Crippen LogP contribution in [0.25, 0.3) is 10.4 Å². The van der Waals surface area contributed by atoms with Crippen molar-refractivity contribution in [3.63, 3.8) is 0 Å². The van der Waals surface area contributed by atoms with Gasteiger partial charge in [-0.05, 0) is 91.0 Å². The Morgan fingerprint density at radius 1 is 1.05 bits per heavy atom. The van der Waals surface area contributed by atoms with E-state index in [0.717, 1.165) is 59.4 Å². The molecule has 3 N–H and O–H groups in total. The molecule has 2 aliphatic rings. The van der Waals surface area contributed by atoms with Crippen molar-refractivity contribution in [2.45, 2.75) is 64.3 Å². The van der Waals surface area contributed by atoms with Crippen molar-refractivity contribution >= 4 is 23.2 Å². The molecule has 7 heteroatoms. The fraction of sp³-hybridized carbons (Fsp3) is 0.324. The van der Waals surface area contributed by atoms with Gasteiger partial charge in [0.15, 0.2) is 0 Å². The molecule has 2 atom stereocenters. The van der Waals surface area contributed by atoms with Crippen molar-refractivity contribution in [1.29, 1.82) is 0 Å². The highest BCUT2D eigenvalue weighted by Gasteiger charge is 2.33. The number of aromatic nitrogens is 1. The van der Waals surface area contributed by atoms with E-state index in [1.54, 1.807) is 0 Å². The lowest BCUT2D eigenvalue weighted by molar-refractivity contribution is 0.0939. The standard InChI is InChI=1S/C34H34FN3O2S/c1-19(2)17-27-31(33(36)39)30(25-13-9-22(32(25)37-27)18-20-7-11-23(35)12-8-20)28-15-16-29(41-28)34(40)38-26-14-10-21-5-3-4-6-24(21)26/h3-8,11-12,15-16,19,22,26H,9-10,13-14,17-18H2,1-2H3,(H2,36,39)(H,38,40)/t22-,26+/m1/s1. The number of rotatable bonds is 8. The number of carbonyl (C=O) groups excluding carboxylic acids is 2. The third-order valence-electron chi connectivity index (χ3n) is 8.29. The van der Waals surface area contributed by atoms with Gasteiger partial charge < -0.3 is 11.1 Å². The predicted molar refractivity (Wildman–Crippen MR) is 161 cm³/mol. The molecule has 0 unspecified atom stereocenters. The number of hydrogen-bond donors (Lipinski definition) is 2. The number of amides is 2. The molecule has 0 spiro atoms. The van der Waals surface area contributed by atoms with Gasteiger partial charge in [0.1, 0.15) is 5.82 Å². The minimum Gasteiger partial charge on any atom is -0.366 e. The lowest BCUT2D eigenvalue weighted by Crippen LogP contribution is -2.26. The number of halogens is 1. The summed E-state index contributed by atoms with van der Waals surface area (Å²) in [6.07, 6.45) is 4.87. The van der Waals surface area contributed by atoms with Gasteiger partial charge in [-0.1, -0.05) is 50.2 Å². The number of nitrogens with zero attached hydrogens (tertiary/aromatic N) is 1. The molecule has 0 saturated carbocycles. The highest BCUT2D eigenvalue weighted by molar-refractivity contribution is 7.17. The van der Waals surface area contributed by atoms with E-state index in [9.17, 15) is 14.0 Å². The summed E-state index contributed by atoms with van der Waals surface area (Å²) < 4.78 is 13.5. The fourth-order valence-electron chi connectivity index (χ4n) is 6.44. The predicted octanol–water partition coefficient (Wildman–Crippen LogP) is 6.94. The molecule has 2 aliphatic carbocycles. The Labute approximate surface area is 244 Å². The van der Waals surface area contributed by atoms with Crippen LogP contribution in [0.15, 0.2) is 60.7 Å². The molecule has 41 heavy (non-hydrogen) atoms. The molecule has 5 nitrogen and oxygen atoms in total. The molecule has 4 aromatic rings. The van der Waals surface area contributed by atoms with Crippen LogP contribution in [0.5, 0.6) is 0 Å². The van der Waals surface area contributed by atoms with Gasteiger partial charge in [0.05, 0.1) is 22.2 Å². The normalized spacial score (nSPS) is 17.5. The van der Waals surface area contributed by atoms with Gasteiger partial charge in [0, 0.05) is 22.1 Å². The Balaban J connectivity index is 1.36. The molecule has 2 amide bonds. The van der Waals surface area contributed by atoms with Gasteiger partial charge in [-0.25, -0.2) is 4.39 Å². The molecule has 2 aromatic carbocycles. The number of thiophene rings is 1. The van der Waals surface area contributed by atoms with Crippen molar-refractivity contribution in [3.05, 3.63) is 111 Å². The minimum atomic E-state index is -0.491. The number of pyridine rings is 1. The summed E-state index contributed by atoms with van der Waals surface area (Å²) in [7, 11) is 0. The van der Waals surface area contributed by atoms with Crippen LogP contribution in [-0.4, -0.2) is 16.8 Å². The van der Waals surface area contributed by atoms with E-state index >= 15 is 0 Å². The maximum atomic E-state index is 13.5. The van der Waals surface area contributed by atoms with Gasteiger partial charge in [-0.2, -0.15) is 0 Å². The maximum Gasteiger partial charge on any atom is 0.261 e. The number of carbonyl (C=O) groups is 2. The number of nitrogens with one attached hydrogen (secondary N) is 1. The van der Waals surface area contributed by atoms with Gasteiger partial charge in [0.2, 0.25) is 0 Å². The summed E-state index contributed by atoms with van der Waals surface area (Å²) in [5.41, 5.74) is 13.6. The van der Waals surface area contributed by atoms with E-state index in [4.69, 9.17) is 10.7 Å². The molecule has 2 aromatic heterocycles. The topological polar surface area (TPSA) is 85.1 Å². The second kappa shape index (κ2) is 11.2. The third kappa shape index (κ3) is 5.43. The first-order valence-electron chi connectivity index (χ1n) is 14.4. The lowest BCUT2D eigenvalue weighted by Gasteiger charge is -2.19.